The van der Waals surface area contributed by atoms with Crippen LogP contribution in [0.15, 0.2) is 36.4 Å². The SMILES string of the molecule is C[C@@H](CS(=O)(=O)CCCc1ccc2c(c1)CC(=O)NC2=O)c1ccc(F)c(OCC2CC2)c1. The summed E-state index contributed by atoms with van der Waals surface area (Å²) in [5.74, 6) is -0.762. The summed E-state index contributed by atoms with van der Waals surface area (Å²) in [6.07, 6.45) is 3.33. The number of sulfone groups is 1. The number of aryl methyl sites for hydroxylation is 1. The van der Waals surface area contributed by atoms with Crippen LogP contribution in [-0.4, -0.2) is 38.3 Å². The molecule has 176 valence electrons. The molecule has 1 aliphatic heterocycles. The Morgan fingerprint density at radius 2 is 1.94 bits per heavy atom. The second-order valence-electron chi connectivity index (χ2n) is 9.11. The van der Waals surface area contributed by atoms with Gasteiger partial charge in [-0.3, -0.25) is 14.9 Å². The van der Waals surface area contributed by atoms with Crippen LogP contribution in [-0.2, 0) is 27.5 Å². The van der Waals surface area contributed by atoms with Gasteiger partial charge in [-0.1, -0.05) is 25.1 Å². The van der Waals surface area contributed by atoms with Crippen LogP contribution in [0.1, 0.15) is 59.2 Å². The Labute approximate surface area is 193 Å². The van der Waals surface area contributed by atoms with E-state index in [1.54, 1.807) is 24.3 Å². The highest BCUT2D eigenvalue weighted by Crippen LogP contribution is 2.31. The molecule has 2 aromatic rings. The molecule has 0 unspecified atom stereocenters. The number of halogens is 1. The van der Waals surface area contributed by atoms with Crippen molar-refractivity contribution < 1.29 is 27.1 Å². The molecule has 0 saturated heterocycles. The van der Waals surface area contributed by atoms with Crippen LogP contribution in [0.5, 0.6) is 5.75 Å². The molecule has 2 aromatic carbocycles. The Hall–Kier alpha value is -2.74. The van der Waals surface area contributed by atoms with Gasteiger partial charge in [0, 0.05) is 5.56 Å². The first-order valence-corrected chi connectivity index (χ1v) is 13.1. The summed E-state index contributed by atoms with van der Waals surface area (Å²) < 4.78 is 45.0. The summed E-state index contributed by atoms with van der Waals surface area (Å²) in [5, 5.41) is 2.28. The largest absolute Gasteiger partial charge is 0.490 e. The minimum absolute atomic E-state index is 0.0279. The van der Waals surface area contributed by atoms with E-state index in [1.165, 1.54) is 6.07 Å². The average molecular weight is 474 g/mol. The van der Waals surface area contributed by atoms with Gasteiger partial charge in [-0.05, 0) is 72.4 Å². The van der Waals surface area contributed by atoms with E-state index in [2.05, 4.69) is 5.32 Å². The van der Waals surface area contributed by atoms with E-state index in [0.29, 0.717) is 36.5 Å². The number of carbonyl (C=O) groups is 2. The molecule has 4 rings (SSSR count). The molecule has 1 fully saturated rings. The van der Waals surface area contributed by atoms with Gasteiger partial charge in [0.15, 0.2) is 21.4 Å². The number of benzene rings is 2. The molecule has 0 spiro atoms. The van der Waals surface area contributed by atoms with Crippen LogP contribution in [0, 0.1) is 11.7 Å². The van der Waals surface area contributed by atoms with E-state index < -0.39 is 21.6 Å². The fourth-order valence-electron chi connectivity index (χ4n) is 4.07. The van der Waals surface area contributed by atoms with Gasteiger partial charge in [0.2, 0.25) is 5.91 Å². The van der Waals surface area contributed by atoms with Gasteiger partial charge >= 0.3 is 0 Å². The number of imide groups is 1. The zero-order chi connectivity index (χ0) is 23.6. The Morgan fingerprint density at radius 1 is 1.15 bits per heavy atom. The number of rotatable bonds is 10. The summed E-state index contributed by atoms with van der Waals surface area (Å²) in [5.41, 5.74) is 2.80. The maximum atomic E-state index is 14.0. The summed E-state index contributed by atoms with van der Waals surface area (Å²) >= 11 is 0. The molecule has 1 N–H and O–H groups in total. The average Bonchev–Trinajstić information content (AvgIpc) is 3.56. The molecule has 0 bridgehead atoms. The maximum Gasteiger partial charge on any atom is 0.258 e. The van der Waals surface area contributed by atoms with Crippen molar-refractivity contribution in [3.8, 4) is 5.75 Å². The van der Waals surface area contributed by atoms with Gasteiger partial charge in [0.05, 0.1) is 24.5 Å². The Kier molecular flexibility index (Phi) is 6.83. The molecule has 33 heavy (non-hydrogen) atoms. The fraction of sp³-hybridized carbons (Fsp3) is 0.440. The zero-order valence-corrected chi connectivity index (χ0v) is 19.4. The Bertz CT molecular complexity index is 1170. The van der Waals surface area contributed by atoms with Gasteiger partial charge in [-0.2, -0.15) is 0 Å². The third-order valence-electron chi connectivity index (χ3n) is 6.14. The van der Waals surface area contributed by atoms with E-state index >= 15 is 0 Å². The van der Waals surface area contributed by atoms with Crippen molar-refractivity contribution in [2.45, 2.75) is 44.9 Å². The quantitative estimate of drug-likeness (QED) is 0.533. The van der Waals surface area contributed by atoms with Gasteiger partial charge in [0.25, 0.3) is 5.91 Å². The number of fused-ring (bicyclic) bond motifs is 1. The highest BCUT2D eigenvalue weighted by atomic mass is 32.2. The lowest BCUT2D eigenvalue weighted by Crippen LogP contribution is -2.37. The van der Waals surface area contributed by atoms with Crippen molar-refractivity contribution in [3.05, 3.63) is 64.5 Å². The van der Waals surface area contributed by atoms with Crippen LogP contribution in [0.2, 0.25) is 0 Å². The normalized spacial score (nSPS) is 16.8. The summed E-state index contributed by atoms with van der Waals surface area (Å²) in [6, 6.07) is 9.85. The molecular weight excluding hydrogens is 445 g/mol. The number of carbonyl (C=O) groups excluding carboxylic acids is 2. The maximum absolute atomic E-state index is 14.0. The van der Waals surface area contributed by atoms with Crippen molar-refractivity contribution in [1.29, 1.82) is 0 Å². The Morgan fingerprint density at radius 3 is 2.70 bits per heavy atom. The van der Waals surface area contributed by atoms with Crippen molar-refractivity contribution in [2.24, 2.45) is 5.92 Å². The van der Waals surface area contributed by atoms with Gasteiger partial charge in [0.1, 0.15) is 0 Å². The second kappa shape index (κ2) is 9.63. The molecule has 0 radical (unpaired) electrons. The van der Waals surface area contributed by atoms with E-state index in [0.717, 1.165) is 24.0 Å². The van der Waals surface area contributed by atoms with Crippen molar-refractivity contribution in [3.63, 3.8) is 0 Å². The fourth-order valence-corrected chi connectivity index (χ4v) is 5.77. The predicted octanol–water partition coefficient (Wildman–Crippen LogP) is 3.58. The van der Waals surface area contributed by atoms with E-state index in [9.17, 15) is 22.4 Å². The summed E-state index contributed by atoms with van der Waals surface area (Å²) in [4.78, 5) is 23.4. The van der Waals surface area contributed by atoms with E-state index in [4.69, 9.17) is 4.74 Å². The van der Waals surface area contributed by atoms with Crippen LogP contribution >= 0.6 is 0 Å². The number of hydrogen-bond donors (Lipinski definition) is 1. The van der Waals surface area contributed by atoms with Crippen LogP contribution < -0.4 is 10.1 Å². The minimum Gasteiger partial charge on any atom is -0.490 e. The van der Waals surface area contributed by atoms with Gasteiger partial charge in [-0.25, -0.2) is 12.8 Å². The van der Waals surface area contributed by atoms with Gasteiger partial charge < -0.3 is 4.74 Å². The highest BCUT2D eigenvalue weighted by Gasteiger charge is 2.24. The molecule has 8 heteroatoms. The zero-order valence-electron chi connectivity index (χ0n) is 18.6. The van der Waals surface area contributed by atoms with Crippen LogP contribution in [0.4, 0.5) is 4.39 Å². The number of nitrogens with one attached hydrogen (secondary N) is 1. The first kappa shape index (κ1) is 23.4. The first-order valence-electron chi connectivity index (χ1n) is 11.3. The predicted molar refractivity (Wildman–Crippen MR) is 123 cm³/mol. The lowest BCUT2D eigenvalue weighted by molar-refractivity contribution is -0.119. The molecule has 1 saturated carbocycles. The van der Waals surface area contributed by atoms with Gasteiger partial charge in [-0.15, -0.1) is 0 Å². The molecule has 2 aliphatic rings. The standard InChI is InChI=1S/C25H28FNO5S/c1-16(19-7-9-22(26)23(12-19)32-14-18-4-5-18)15-33(30,31)10-2-3-17-6-8-21-20(11-17)13-24(28)27-25(21)29/h6-9,11-12,16,18H,2-5,10,13-15H2,1H3,(H,27,28,29)/t16-/m0/s1. The molecule has 0 aromatic heterocycles. The van der Waals surface area contributed by atoms with Crippen LogP contribution in [0.25, 0.3) is 0 Å². The molecule has 1 atom stereocenters. The third-order valence-corrected chi connectivity index (χ3v) is 8.06. The van der Waals surface area contributed by atoms with Crippen LogP contribution in [0.3, 0.4) is 0 Å². The van der Waals surface area contributed by atoms with Crippen molar-refractivity contribution in [2.75, 3.05) is 18.1 Å². The monoisotopic (exact) mass is 473 g/mol. The van der Waals surface area contributed by atoms with Crippen molar-refractivity contribution >= 4 is 21.7 Å². The van der Waals surface area contributed by atoms with E-state index in [1.807, 2.05) is 13.0 Å². The number of ether oxygens (including phenoxy) is 1. The second-order valence-corrected chi connectivity index (χ2v) is 11.3. The van der Waals surface area contributed by atoms with E-state index in [-0.39, 0.29) is 35.5 Å². The summed E-state index contributed by atoms with van der Waals surface area (Å²) in [7, 11) is -3.33. The topological polar surface area (TPSA) is 89.5 Å². The summed E-state index contributed by atoms with van der Waals surface area (Å²) in [6.45, 7) is 2.32. The number of hydrogen-bond acceptors (Lipinski definition) is 5. The lowest BCUT2D eigenvalue weighted by atomic mass is 9.96. The molecular formula is C25H28FNO5S. The smallest absolute Gasteiger partial charge is 0.258 e. The molecule has 2 amide bonds. The van der Waals surface area contributed by atoms with Crippen molar-refractivity contribution in [1.82, 2.24) is 5.32 Å². The molecule has 1 aliphatic carbocycles. The lowest BCUT2D eigenvalue weighted by Gasteiger charge is -2.16. The third kappa shape index (κ3) is 6.19. The Balaban J connectivity index is 1.32. The number of amides is 2. The highest BCUT2D eigenvalue weighted by molar-refractivity contribution is 7.91. The molecule has 6 nitrogen and oxygen atoms in total. The molecule has 1 heterocycles. The minimum atomic E-state index is -3.33. The first-order chi connectivity index (χ1) is 15.7.